The number of nitrogens with zero attached hydrogens (tertiary/aromatic N) is 1. The van der Waals surface area contributed by atoms with E-state index in [-0.39, 0.29) is 0 Å². The van der Waals surface area contributed by atoms with Crippen molar-refractivity contribution in [3.63, 3.8) is 0 Å². The van der Waals surface area contributed by atoms with Gasteiger partial charge in [-0.15, -0.1) is 0 Å². The Balaban J connectivity index is 1.88. The highest BCUT2D eigenvalue weighted by Crippen LogP contribution is 2.36. The van der Waals surface area contributed by atoms with E-state index in [2.05, 4.69) is 24.3 Å². The molecule has 2 rings (SSSR count). The summed E-state index contributed by atoms with van der Waals surface area (Å²) in [6.45, 7) is 0. The normalized spacial score (nSPS) is 23.1. The number of carbonyl (C=O) groups is 1. The summed E-state index contributed by atoms with van der Waals surface area (Å²) in [5.41, 5.74) is 2.09. The number of hydrogen-bond acceptors (Lipinski definition) is 2. The van der Waals surface area contributed by atoms with Crippen molar-refractivity contribution in [1.29, 1.82) is 5.26 Å². The molecule has 2 heteroatoms. The minimum Gasteiger partial charge on any atom is -0.303 e. The molecule has 1 fully saturated rings. The van der Waals surface area contributed by atoms with Crippen molar-refractivity contribution >= 4 is 6.29 Å². The van der Waals surface area contributed by atoms with E-state index in [0.29, 0.717) is 18.3 Å². The predicted molar refractivity (Wildman–Crippen MR) is 75.7 cm³/mol. The lowest BCUT2D eigenvalue weighted by atomic mass is 9.78. The van der Waals surface area contributed by atoms with Crippen molar-refractivity contribution in [2.24, 2.45) is 5.92 Å². The number of benzene rings is 1. The zero-order valence-corrected chi connectivity index (χ0v) is 11.1. The molecular formula is C17H19NO. The van der Waals surface area contributed by atoms with Crippen molar-refractivity contribution in [1.82, 2.24) is 0 Å². The number of nitriles is 1. The second-order valence-corrected chi connectivity index (χ2v) is 5.18. The van der Waals surface area contributed by atoms with E-state index >= 15 is 0 Å². The first-order valence-electron chi connectivity index (χ1n) is 6.94. The Kier molecular flexibility index (Phi) is 4.92. The van der Waals surface area contributed by atoms with E-state index in [1.165, 1.54) is 31.2 Å². The van der Waals surface area contributed by atoms with Crippen molar-refractivity contribution in [2.75, 3.05) is 0 Å². The van der Waals surface area contributed by atoms with Crippen LogP contribution in [0.1, 0.15) is 49.1 Å². The van der Waals surface area contributed by atoms with Gasteiger partial charge in [0.2, 0.25) is 0 Å². The van der Waals surface area contributed by atoms with Crippen LogP contribution in [0.5, 0.6) is 0 Å². The summed E-state index contributed by atoms with van der Waals surface area (Å²) in [7, 11) is 0. The van der Waals surface area contributed by atoms with Crippen molar-refractivity contribution in [3.8, 4) is 6.07 Å². The summed E-state index contributed by atoms with van der Waals surface area (Å²) < 4.78 is 0. The van der Waals surface area contributed by atoms with Crippen LogP contribution in [-0.2, 0) is 4.79 Å². The Morgan fingerprint density at radius 2 is 1.84 bits per heavy atom. The molecule has 1 aromatic carbocycles. The molecule has 0 unspecified atom stereocenters. The fraction of sp³-hybridized carbons (Fsp3) is 0.412. The number of hydrogen-bond donors (Lipinski definition) is 0. The highest BCUT2D eigenvalue weighted by atomic mass is 16.1. The molecule has 0 N–H and O–H groups in total. The highest BCUT2D eigenvalue weighted by Gasteiger charge is 2.20. The van der Waals surface area contributed by atoms with Crippen LogP contribution >= 0.6 is 0 Å². The lowest BCUT2D eigenvalue weighted by molar-refractivity contribution is -0.107. The average Bonchev–Trinajstić information content (AvgIpc) is 2.48. The molecule has 0 heterocycles. The van der Waals surface area contributed by atoms with Crippen molar-refractivity contribution in [3.05, 3.63) is 47.5 Å². The molecular weight excluding hydrogens is 234 g/mol. The molecule has 0 aromatic heterocycles. The topological polar surface area (TPSA) is 40.9 Å². The van der Waals surface area contributed by atoms with Gasteiger partial charge in [-0.2, -0.15) is 5.26 Å². The van der Waals surface area contributed by atoms with Gasteiger partial charge in [0.25, 0.3) is 0 Å². The SMILES string of the molecule is N#Cc1ccc([C@H]2CC[C@H](/C=C/CC=O)CC2)cc1. The van der Waals surface area contributed by atoms with Gasteiger partial charge < -0.3 is 4.79 Å². The molecule has 1 saturated carbocycles. The molecule has 1 aromatic rings. The molecule has 2 nitrogen and oxygen atoms in total. The maximum Gasteiger partial charge on any atom is 0.123 e. The van der Waals surface area contributed by atoms with E-state index < -0.39 is 0 Å². The maximum atomic E-state index is 10.3. The standard InChI is InChI=1S/C17H19NO/c18-13-15-6-10-17(11-7-15)16-8-4-14(5-9-16)3-1-2-12-19/h1,3,6-7,10-12,14,16H,2,4-5,8-9H2/b3-1+/t14-,16-. The Hall–Kier alpha value is -1.88. The molecule has 0 spiro atoms. The largest absolute Gasteiger partial charge is 0.303 e. The van der Waals surface area contributed by atoms with E-state index in [0.717, 1.165) is 11.8 Å². The lowest BCUT2D eigenvalue weighted by Gasteiger charge is -2.27. The Bertz CT molecular complexity index is 473. The molecule has 19 heavy (non-hydrogen) atoms. The van der Waals surface area contributed by atoms with Gasteiger partial charge in [-0.1, -0.05) is 24.3 Å². The minimum atomic E-state index is 0.537. The summed E-state index contributed by atoms with van der Waals surface area (Å²) in [5, 5.41) is 8.79. The van der Waals surface area contributed by atoms with Crippen LogP contribution in [0.2, 0.25) is 0 Å². The lowest BCUT2D eigenvalue weighted by Crippen LogP contribution is -2.11. The molecule has 0 amide bonds. The quantitative estimate of drug-likeness (QED) is 0.601. The van der Waals surface area contributed by atoms with Gasteiger partial charge >= 0.3 is 0 Å². The van der Waals surface area contributed by atoms with Crippen LogP contribution in [0.4, 0.5) is 0 Å². The van der Waals surface area contributed by atoms with Crippen LogP contribution < -0.4 is 0 Å². The molecule has 1 aliphatic carbocycles. The van der Waals surface area contributed by atoms with E-state index in [1.54, 1.807) is 0 Å². The minimum absolute atomic E-state index is 0.537. The van der Waals surface area contributed by atoms with Gasteiger partial charge in [0.15, 0.2) is 0 Å². The van der Waals surface area contributed by atoms with Crippen LogP contribution in [0.3, 0.4) is 0 Å². The first-order valence-corrected chi connectivity index (χ1v) is 6.94. The zero-order valence-electron chi connectivity index (χ0n) is 11.1. The second-order valence-electron chi connectivity index (χ2n) is 5.18. The zero-order chi connectivity index (χ0) is 13.5. The second kappa shape index (κ2) is 6.89. The van der Waals surface area contributed by atoms with Crippen LogP contribution in [0.15, 0.2) is 36.4 Å². The third kappa shape index (κ3) is 3.79. The third-order valence-electron chi connectivity index (χ3n) is 3.92. The monoisotopic (exact) mass is 253 g/mol. The summed E-state index contributed by atoms with van der Waals surface area (Å²) in [4.78, 5) is 10.3. The smallest absolute Gasteiger partial charge is 0.123 e. The van der Waals surface area contributed by atoms with Crippen molar-refractivity contribution in [2.45, 2.75) is 38.0 Å². The van der Waals surface area contributed by atoms with E-state index in [1.807, 2.05) is 18.2 Å². The molecule has 0 aliphatic heterocycles. The van der Waals surface area contributed by atoms with Crippen LogP contribution in [-0.4, -0.2) is 6.29 Å². The number of rotatable bonds is 4. The van der Waals surface area contributed by atoms with Gasteiger partial charge in [-0.05, 0) is 55.2 Å². The fourth-order valence-corrected chi connectivity index (χ4v) is 2.80. The number of aldehydes is 1. The maximum absolute atomic E-state index is 10.3. The van der Waals surface area contributed by atoms with E-state index in [9.17, 15) is 4.79 Å². The molecule has 1 aliphatic rings. The van der Waals surface area contributed by atoms with Gasteiger partial charge in [0, 0.05) is 6.42 Å². The Morgan fingerprint density at radius 3 is 2.42 bits per heavy atom. The molecule has 0 saturated heterocycles. The van der Waals surface area contributed by atoms with Crippen molar-refractivity contribution < 1.29 is 4.79 Å². The number of carbonyl (C=O) groups excluding carboxylic acids is 1. The summed E-state index contributed by atoms with van der Waals surface area (Å²) in [6.07, 6.45) is 10.4. The van der Waals surface area contributed by atoms with Crippen LogP contribution in [0, 0.1) is 17.2 Å². The highest BCUT2D eigenvalue weighted by molar-refractivity contribution is 5.51. The van der Waals surface area contributed by atoms with Gasteiger partial charge in [0.1, 0.15) is 6.29 Å². The van der Waals surface area contributed by atoms with E-state index in [4.69, 9.17) is 5.26 Å². The van der Waals surface area contributed by atoms with Gasteiger partial charge in [0.05, 0.1) is 11.6 Å². The predicted octanol–water partition coefficient (Wildman–Crippen LogP) is 3.98. The third-order valence-corrected chi connectivity index (χ3v) is 3.92. The summed E-state index contributed by atoms with van der Waals surface area (Å²) >= 11 is 0. The average molecular weight is 253 g/mol. The Labute approximate surface area is 114 Å². The molecule has 98 valence electrons. The van der Waals surface area contributed by atoms with Crippen LogP contribution in [0.25, 0.3) is 0 Å². The summed E-state index contributed by atoms with van der Waals surface area (Å²) in [5.74, 6) is 1.26. The first kappa shape index (κ1) is 13.5. The fourth-order valence-electron chi connectivity index (χ4n) is 2.80. The Morgan fingerprint density at radius 1 is 1.16 bits per heavy atom. The molecule has 0 atom stereocenters. The number of allylic oxidation sites excluding steroid dienone is 2. The molecule has 0 bridgehead atoms. The first-order chi connectivity index (χ1) is 9.33. The van der Waals surface area contributed by atoms with Gasteiger partial charge in [-0.3, -0.25) is 0 Å². The summed E-state index contributed by atoms with van der Waals surface area (Å²) in [6, 6.07) is 10.1. The van der Waals surface area contributed by atoms with Gasteiger partial charge in [-0.25, -0.2) is 0 Å². The molecule has 0 radical (unpaired) electrons.